The SMILES string of the molecule is CC[C@H](NC1CCN(c2cc(C)nc(C)n2)CC1)c1ccc2c(c1)CCO2. The Bertz CT molecular complexity index is 779. The number of nitrogens with zero attached hydrogens (tertiary/aromatic N) is 3. The zero-order valence-electron chi connectivity index (χ0n) is 16.7. The van der Waals surface area contributed by atoms with Crippen LogP contribution in [0.3, 0.4) is 0 Å². The van der Waals surface area contributed by atoms with E-state index in [2.05, 4.69) is 51.4 Å². The molecule has 5 heteroatoms. The summed E-state index contributed by atoms with van der Waals surface area (Å²) >= 11 is 0. The van der Waals surface area contributed by atoms with Crippen LogP contribution in [0.1, 0.15) is 54.9 Å². The zero-order valence-corrected chi connectivity index (χ0v) is 16.7. The highest BCUT2D eigenvalue weighted by molar-refractivity contribution is 5.41. The van der Waals surface area contributed by atoms with Gasteiger partial charge in [0.2, 0.25) is 0 Å². The van der Waals surface area contributed by atoms with E-state index < -0.39 is 0 Å². The lowest BCUT2D eigenvalue weighted by molar-refractivity contribution is 0.356. The van der Waals surface area contributed by atoms with Gasteiger partial charge in [-0.1, -0.05) is 19.1 Å². The Morgan fingerprint density at radius 3 is 2.74 bits per heavy atom. The molecule has 0 amide bonds. The average molecular weight is 367 g/mol. The number of aryl methyl sites for hydroxylation is 2. The minimum atomic E-state index is 0.413. The molecule has 1 N–H and O–H groups in total. The van der Waals surface area contributed by atoms with Crippen LogP contribution in [0.25, 0.3) is 0 Å². The second kappa shape index (κ2) is 7.85. The van der Waals surface area contributed by atoms with E-state index in [0.29, 0.717) is 12.1 Å². The third-order valence-corrected chi connectivity index (χ3v) is 5.73. The van der Waals surface area contributed by atoms with Gasteiger partial charge in [-0.2, -0.15) is 0 Å². The van der Waals surface area contributed by atoms with Gasteiger partial charge >= 0.3 is 0 Å². The van der Waals surface area contributed by atoms with E-state index in [-0.39, 0.29) is 0 Å². The molecule has 2 aromatic rings. The molecule has 2 aliphatic rings. The van der Waals surface area contributed by atoms with Gasteiger partial charge in [-0.05, 0) is 50.3 Å². The largest absolute Gasteiger partial charge is 0.493 e. The van der Waals surface area contributed by atoms with Crippen molar-refractivity contribution in [1.82, 2.24) is 15.3 Å². The molecule has 27 heavy (non-hydrogen) atoms. The van der Waals surface area contributed by atoms with Crippen LogP contribution in [0.4, 0.5) is 5.82 Å². The van der Waals surface area contributed by atoms with Crippen LogP contribution in [0.2, 0.25) is 0 Å². The molecule has 0 unspecified atom stereocenters. The summed E-state index contributed by atoms with van der Waals surface area (Å²) in [7, 11) is 0. The molecule has 5 nitrogen and oxygen atoms in total. The maximum absolute atomic E-state index is 5.65. The number of anilines is 1. The van der Waals surface area contributed by atoms with Crippen molar-refractivity contribution >= 4 is 5.82 Å². The van der Waals surface area contributed by atoms with Crippen molar-refractivity contribution in [3.05, 3.63) is 46.9 Å². The molecule has 1 fully saturated rings. The van der Waals surface area contributed by atoms with E-state index in [9.17, 15) is 0 Å². The smallest absolute Gasteiger partial charge is 0.132 e. The predicted molar refractivity (Wildman–Crippen MR) is 109 cm³/mol. The van der Waals surface area contributed by atoms with E-state index >= 15 is 0 Å². The van der Waals surface area contributed by atoms with E-state index in [0.717, 1.165) is 68.5 Å². The lowest BCUT2D eigenvalue weighted by Gasteiger charge is -2.35. The maximum Gasteiger partial charge on any atom is 0.132 e. The molecule has 0 aliphatic carbocycles. The fourth-order valence-electron chi connectivity index (χ4n) is 4.29. The normalized spacial score (nSPS) is 18.3. The fourth-order valence-corrected chi connectivity index (χ4v) is 4.29. The van der Waals surface area contributed by atoms with Crippen molar-refractivity contribution in [2.45, 2.75) is 58.5 Å². The third-order valence-electron chi connectivity index (χ3n) is 5.73. The van der Waals surface area contributed by atoms with Crippen LogP contribution < -0.4 is 15.0 Å². The Labute approximate surface area is 162 Å². The van der Waals surface area contributed by atoms with Gasteiger partial charge in [0.25, 0.3) is 0 Å². The number of aromatic nitrogens is 2. The topological polar surface area (TPSA) is 50.3 Å². The first-order valence-corrected chi connectivity index (χ1v) is 10.2. The van der Waals surface area contributed by atoms with Crippen molar-refractivity contribution in [3.8, 4) is 5.75 Å². The monoisotopic (exact) mass is 366 g/mol. The number of hydrogen-bond donors (Lipinski definition) is 1. The van der Waals surface area contributed by atoms with Crippen LogP contribution in [0, 0.1) is 13.8 Å². The number of piperidine rings is 1. The minimum Gasteiger partial charge on any atom is -0.493 e. The first-order chi connectivity index (χ1) is 13.1. The summed E-state index contributed by atoms with van der Waals surface area (Å²) in [6.07, 6.45) is 4.43. The van der Waals surface area contributed by atoms with E-state index in [4.69, 9.17) is 4.74 Å². The number of rotatable bonds is 5. The molecular weight excluding hydrogens is 336 g/mol. The molecule has 4 rings (SSSR count). The van der Waals surface area contributed by atoms with Gasteiger partial charge < -0.3 is 15.0 Å². The van der Waals surface area contributed by atoms with Crippen molar-refractivity contribution in [3.63, 3.8) is 0 Å². The minimum absolute atomic E-state index is 0.413. The van der Waals surface area contributed by atoms with Gasteiger partial charge in [-0.15, -0.1) is 0 Å². The molecule has 0 bridgehead atoms. The lowest BCUT2D eigenvalue weighted by Crippen LogP contribution is -2.44. The molecular formula is C22H30N4O. The molecule has 1 saturated heterocycles. The van der Waals surface area contributed by atoms with E-state index in [1.54, 1.807) is 0 Å². The summed E-state index contributed by atoms with van der Waals surface area (Å²) < 4.78 is 5.65. The Morgan fingerprint density at radius 2 is 2.00 bits per heavy atom. The Kier molecular flexibility index (Phi) is 5.30. The Morgan fingerprint density at radius 1 is 1.19 bits per heavy atom. The molecule has 2 aliphatic heterocycles. The second-order valence-corrected chi connectivity index (χ2v) is 7.77. The summed E-state index contributed by atoms with van der Waals surface area (Å²) in [4.78, 5) is 11.4. The summed E-state index contributed by atoms with van der Waals surface area (Å²) in [5, 5.41) is 3.91. The average Bonchev–Trinajstić information content (AvgIpc) is 3.13. The zero-order chi connectivity index (χ0) is 18.8. The van der Waals surface area contributed by atoms with Gasteiger partial charge in [0.05, 0.1) is 6.61 Å². The summed E-state index contributed by atoms with van der Waals surface area (Å²) in [6.45, 7) is 9.19. The van der Waals surface area contributed by atoms with Crippen molar-refractivity contribution in [2.75, 3.05) is 24.6 Å². The standard InChI is InChI=1S/C22H30N4O/c1-4-20(17-5-6-21-18(14-17)9-12-27-21)25-19-7-10-26(11-8-19)22-13-15(2)23-16(3)24-22/h5-6,13-14,19-20,25H,4,7-12H2,1-3H3/t20-/m0/s1. The van der Waals surface area contributed by atoms with Crippen molar-refractivity contribution < 1.29 is 4.74 Å². The van der Waals surface area contributed by atoms with Crippen LogP contribution in [0.5, 0.6) is 5.75 Å². The molecule has 1 aromatic carbocycles. The molecule has 1 aromatic heterocycles. The summed E-state index contributed by atoms with van der Waals surface area (Å²) in [5.74, 6) is 3.00. The van der Waals surface area contributed by atoms with Crippen molar-refractivity contribution in [2.24, 2.45) is 0 Å². The Hall–Kier alpha value is -2.14. The molecule has 144 valence electrons. The highest BCUT2D eigenvalue weighted by Crippen LogP contribution is 2.30. The lowest BCUT2D eigenvalue weighted by atomic mass is 9.97. The number of benzene rings is 1. The first kappa shape index (κ1) is 18.2. The molecule has 3 heterocycles. The van der Waals surface area contributed by atoms with Crippen LogP contribution in [0.15, 0.2) is 24.3 Å². The van der Waals surface area contributed by atoms with Gasteiger partial charge in [0.1, 0.15) is 17.4 Å². The molecule has 0 saturated carbocycles. The van der Waals surface area contributed by atoms with E-state index in [1.165, 1.54) is 11.1 Å². The summed E-state index contributed by atoms with van der Waals surface area (Å²) in [5.41, 5.74) is 3.80. The molecule has 0 spiro atoms. The van der Waals surface area contributed by atoms with Gasteiger partial charge in [-0.25, -0.2) is 9.97 Å². The third kappa shape index (κ3) is 4.08. The highest BCUT2D eigenvalue weighted by atomic mass is 16.5. The molecule has 1 atom stereocenters. The second-order valence-electron chi connectivity index (χ2n) is 7.77. The van der Waals surface area contributed by atoms with Gasteiger partial charge in [-0.3, -0.25) is 0 Å². The fraction of sp³-hybridized carbons (Fsp3) is 0.545. The van der Waals surface area contributed by atoms with Crippen LogP contribution >= 0.6 is 0 Å². The quantitative estimate of drug-likeness (QED) is 0.874. The number of fused-ring (bicyclic) bond motifs is 1. The van der Waals surface area contributed by atoms with Crippen LogP contribution in [-0.4, -0.2) is 35.7 Å². The van der Waals surface area contributed by atoms with Gasteiger partial charge in [0, 0.05) is 43.4 Å². The number of ether oxygens (including phenoxy) is 1. The van der Waals surface area contributed by atoms with Crippen LogP contribution in [-0.2, 0) is 6.42 Å². The highest BCUT2D eigenvalue weighted by Gasteiger charge is 2.24. The number of hydrogen-bond acceptors (Lipinski definition) is 5. The predicted octanol–water partition coefficient (Wildman–Crippen LogP) is 3.74. The molecule has 0 radical (unpaired) electrons. The van der Waals surface area contributed by atoms with Gasteiger partial charge in [0.15, 0.2) is 0 Å². The number of nitrogens with one attached hydrogen (secondary N) is 1. The van der Waals surface area contributed by atoms with E-state index in [1.807, 2.05) is 13.8 Å². The Balaban J connectivity index is 1.37. The summed E-state index contributed by atoms with van der Waals surface area (Å²) in [6, 6.07) is 9.78. The first-order valence-electron chi connectivity index (χ1n) is 10.2. The van der Waals surface area contributed by atoms with Crippen molar-refractivity contribution in [1.29, 1.82) is 0 Å². The maximum atomic E-state index is 5.65.